The Morgan fingerprint density at radius 2 is 1.74 bits per heavy atom. The van der Waals surface area contributed by atoms with Crippen LogP contribution in [0.5, 0.6) is 5.75 Å². The molecule has 3 nitrogen and oxygen atoms in total. The third kappa shape index (κ3) is 3.26. The van der Waals surface area contributed by atoms with Gasteiger partial charge in [-0.2, -0.15) is 0 Å². The predicted molar refractivity (Wildman–Crippen MR) is 90.9 cm³/mol. The highest BCUT2D eigenvalue weighted by Crippen LogP contribution is 2.17. The molecule has 0 spiro atoms. The Labute approximate surface area is 135 Å². The van der Waals surface area contributed by atoms with Gasteiger partial charge in [0.05, 0.1) is 12.8 Å². The molecular weight excluding hydrogens is 284 g/mol. The number of benzene rings is 2. The van der Waals surface area contributed by atoms with Crippen molar-refractivity contribution in [3.05, 3.63) is 72.2 Å². The fraction of sp³-hybridized carbons (Fsp3) is 0.0500. The van der Waals surface area contributed by atoms with Gasteiger partial charge in [0.25, 0.3) is 0 Å². The van der Waals surface area contributed by atoms with Crippen molar-refractivity contribution in [1.29, 1.82) is 0 Å². The number of aromatic nitrogens is 2. The van der Waals surface area contributed by atoms with Gasteiger partial charge in [0.2, 0.25) is 0 Å². The van der Waals surface area contributed by atoms with Crippen LogP contribution in [0.2, 0.25) is 0 Å². The molecular formula is C20H14N2O. The van der Waals surface area contributed by atoms with Gasteiger partial charge in [-0.15, -0.1) is 0 Å². The van der Waals surface area contributed by atoms with E-state index in [0.29, 0.717) is 5.82 Å². The zero-order valence-electron chi connectivity index (χ0n) is 12.7. The molecule has 0 N–H and O–H groups in total. The molecule has 0 radical (unpaired) electrons. The average molecular weight is 298 g/mol. The first-order valence-corrected chi connectivity index (χ1v) is 7.07. The summed E-state index contributed by atoms with van der Waals surface area (Å²) in [4.78, 5) is 4.52. The second-order valence-electron chi connectivity index (χ2n) is 4.79. The van der Waals surface area contributed by atoms with Crippen LogP contribution in [-0.2, 0) is 0 Å². The monoisotopic (exact) mass is 298 g/mol. The molecule has 0 aliphatic carbocycles. The van der Waals surface area contributed by atoms with Gasteiger partial charge in [-0.3, -0.25) is 4.57 Å². The zero-order chi connectivity index (χ0) is 16.1. The third-order valence-electron chi connectivity index (χ3n) is 3.32. The number of hydrogen-bond donors (Lipinski definition) is 0. The Hall–Kier alpha value is -3.43. The van der Waals surface area contributed by atoms with E-state index in [1.165, 1.54) is 0 Å². The number of imidazole rings is 1. The number of nitrogens with zero attached hydrogens (tertiary/aromatic N) is 2. The van der Waals surface area contributed by atoms with E-state index >= 15 is 0 Å². The Bertz CT molecular complexity index is 904. The lowest BCUT2D eigenvalue weighted by molar-refractivity contribution is 0.415. The van der Waals surface area contributed by atoms with Gasteiger partial charge in [0.1, 0.15) is 5.75 Å². The number of methoxy groups -OCH3 is 1. The first kappa shape index (κ1) is 14.5. The molecule has 0 fully saturated rings. The molecule has 0 unspecified atom stereocenters. The van der Waals surface area contributed by atoms with Gasteiger partial charge in [-0.25, -0.2) is 4.98 Å². The molecule has 1 aromatic heterocycles. The van der Waals surface area contributed by atoms with Gasteiger partial charge in [-0.1, -0.05) is 42.7 Å². The van der Waals surface area contributed by atoms with E-state index in [0.717, 1.165) is 22.6 Å². The predicted octanol–water partition coefficient (Wildman–Crippen LogP) is 3.40. The summed E-state index contributed by atoms with van der Waals surface area (Å²) >= 11 is 0. The molecule has 0 atom stereocenters. The number of terminal acetylenes is 1. The second kappa shape index (κ2) is 6.56. The number of rotatable bonds is 2. The van der Waals surface area contributed by atoms with Crippen LogP contribution in [0.1, 0.15) is 11.4 Å². The minimum Gasteiger partial charge on any atom is -0.497 e. The lowest BCUT2D eigenvalue weighted by Crippen LogP contribution is -1.90. The van der Waals surface area contributed by atoms with Crippen LogP contribution >= 0.6 is 0 Å². The smallest absolute Gasteiger partial charge is 0.198 e. The van der Waals surface area contributed by atoms with E-state index in [2.05, 4.69) is 22.9 Å². The third-order valence-corrected chi connectivity index (χ3v) is 3.32. The maximum Gasteiger partial charge on any atom is 0.198 e. The lowest BCUT2D eigenvalue weighted by atomic mass is 10.2. The van der Waals surface area contributed by atoms with Crippen LogP contribution in [-0.4, -0.2) is 16.7 Å². The van der Waals surface area contributed by atoms with Gasteiger partial charge in [0.15, 0.2) is 5.82 Å². The first-order chi connectivity index (χ1) is 11.3. The van der Waals surface area contributed by atoms with Gasteiger partial charge in [-0.05, 0) is 30.2 Å². The van der Waals surface area contributed by atoms with Crippen LogP contribution in [0.15, 0.2) is 60.8 Å². The van der Waals surface area contributed by atoms with E-state index in [9.17, 15) is 0 Å². The molecule has 0 aliphatic heterocycles. The van der Waals surface area contributed by atoms with E-state index < -0.39 is 0 Å². The second-order valence-corrected chi connectivity index (χ2v) is 4.79. The minimum atomic E-state index is 0.544. The maximum atomic E-state index is 5.54. The molecule has 0 amide bonds. The van der Waals surface area contributed by atoms with Crippen molar-refractivity contribution in [1.82, 2.24) is 9.55 Å². The van der Waals surface area contributed by atoms with Crippen molar-refractivity contribution >= 4 is 0 Å². The fourth-order valence-corrected chi connectivity index (χ4v) is 2.12. The summed E-state index contributed by atoms with van der Waals surface area (Å²) < 4.78 is 6.73. The van der Waals surface area contributed by atoms with Gasteiger partial charge < -0.3 is 4.74 Å². The number of ether oxygens (including phenoxy) is 1. The van der Waals surface area contributed by atoms with E-state index in [4.69, 9.17) is 11.2 Å². The van der Waals surface area contributed by atoms with Crippen molar-refractivity contribution < 1.29 is 4.74 Å². The van der Waals surface area contributed by atoms with Crippen molar-refractivity contribution in [2.45, 2.75) is 0 Å². The summed E-state index contributed by atoms with van der Waals surface area (Å²) in [5.41, 5.74) is 2.69. The Morgan fingerprint density at radius 3 is 2.39 bits per heavy atom. The van der Waals surface area contributed by atoms with E-state index in [1.54, 1.807) is 11.7 Å². The largest absolute Gasteiger partial charge is 0.497 e. The normalized spacial score (nSPS) is 9.57. The summed E-state index contributed by atoms with van der Waals surface area (Å²) in [6.45, 7) is 0. The van der Waals surface area contributed by atoms with Crippen molar-refractivity contribution in [3.63, 3.8) is 0 Å². The standard InChI is InChI=1S/C20H14N2O/c1-3-22-15-19(17-7-5-4-6-8-17)21-20(22)14-11-16-9-12-18(23-2)13-10-16/h1,4-10,12-13,15H,2H3. The summed E-state index contributed by atoms with van der Waals surface area (Å²) in [6, 6.07) is 20.0. The molecule has 0 saturated carbocycles. The molecule has 3 rings (SSSR count). The summed E-state index contributed by atoms with van der Waals surface area (Å²) in [6.07, 6.45) is 7.35. The Kier molecular flexibility index (Phi) is 4.13. The maximum absolute atomic E-state index is 5.54. The van der Waals surface area contributed by atoms with Crippen LogP contribution in [0.4, 0.5) is 0 Å². The highest BCUT2D eigenvalue weighted by Gasteiger charge is 2.06. The molecule has 3 heteroatoms. The lowest BCUT2D eigenvalue weighted by Gasteiger charge is -1.97. The Morgan fingerprint density at radius 1 is 1.00 bits per heavy atom. The molecule has 0 saturated heterocycles. The minimum absolute atomic E-state index is 0.544. The summed E-state index contributed by atoms with van der Waals surface area (Å²) in [7, 11) is 1.63. The highest BCUT2D eigenvalue weighted by molar-refractivity contribution is 5.59. The van der Waals surface area contributed by atoms with Crippen LogP contribution in [0, 0.1) is 24.3 Å². The van der Waals surface area contributed by atoms with Crippen molar-refractivity contribution in [2.24, 2.45) is 0 Å². The Balaban J connectivity index is 1.93. The molecule has 110 valence electrons. The quantitative estimate of drug-likeness (QED) is 0.678. The topological polar surface area (TPSA) is 27.1 Å². The molecule has 2 aromatic carbocycles. The molecule has 0 bridgehead atoms. The van der Waals surface area contributed by atoms with E-state index in [1.807, 2.05) is 60.8 Å². The summed E-state index contributed by atoms with van der Waals surface area (Å²) in [5, 5.41) is 0. The van der Waals surface area contributed by atoms with Crippen molar-refractivity contribution in [2.75, 3.05) is 7.11 Å². The zero-order valence-corrected chi connectivity index (χ0v) is 12.7. The van der Waals surface area contributed by atoms with Crippen LogP contribution in [0.3, 0.4) is 0 Å². The van der Waals surface area contributed by atoms with Gasteiger partial charge in [0, 0.05) is 23.4 Å². The first-order valence-electron chi connectivity index (χ1n) is 7.07. The molecule has 1 heterocycles. The molecule has 0 aliphatic rings. The average Bonchev–Trinajstić information content (AvgIpc) is 3.04. The SMILES string of the molecule is C#Cn1cc(-c2ccccc2)nc1C#Cc1ccc(OC)cc1. The van der Waals surface area contributed by atoms with E-state index in [-0.39, 0.29) is 0 Å². The van der Waals surface area contributed by atoms with Gasteiger partial charge >= 0.3 is 0 Å². The highest BCUT2D eigenvalue weighted by atomic mass is 16.5. The van der Waals surface area contributed by atoms with Crippen molar-refractivity contribution in [3.8, 4) is 41.3 Å². The van der Waals surface area contributed by atoms with Crippen LogP contribution < -0.4 is 4.74 Å². The molecule has 23 heavy (non-hydrogen) atoms. The number of hydrogen-bond acceptors (Lipinski definition) is 2. The fourth-order valence-electron chi connectivity index (χ4n) is 2.12. The molecule has 3 aromatic rings. The van der Waals surface area contributed by atoms with Crippen LogP contribution in [0.25, 0.3) is 11.3 Å². The summed E-state index contributed by atoms with van der Waals surface area (Å²) in [5.74, 6) is 7.44.